The molecule has 1 atom stereocenters. The summed E-state index contributed by atoms with van der Waals surface area (Å²) in [5, 5.41) is 0. The Bertz CT molecular complexity index is 584. The lowest BCUT2D eigenvalue weighted by Gasteiger charge is -2.16. The summed E-state index contributed by atoms with van der Waals surface area (Å²) in [5.41, 5.74) is 14.2. The van der Waals surface area contributed by atoms with E-state index in [4.69, 9.17) is 5.73 Å². The van der Waals surface area contributed by atoms with Gasteiger partial charge in [-0.3, -0.25) is 0 Å². The second kappa shape index (κ2) is 5.58. The van der Waals surface area contributed by atoms with E-state index in [9.17, 15) is 0 Å². The fourth-order valence-electron chi connectivity index (χ4n) is 2.37. The molecule has 2 N–H and O–H groups in total. The molecule has 19 heavy (non-hydrogen) atoms. The lowest BCUT2D eigenvalue weighted by molar-refractivity contribution is 0.717. The highest BCUT2D eigenvalue weighted by atomic mass is 14.6. The van der Waals surface area contributed by atoms with Crippen molar-refractivity contribution in [2.45, 2.75) is 40.2 Å². The molecule has 1 nitrogen and oxygen atoms in total. The van der Waals surface area contributed by atoms with Crippen LogP contribution in [0.2, 0.25) is 0 Å². The molecule has 0 spiro atoms. The van der Waals surface area contributed by atoms with Crippen molar-refractivity contribution in [3.8, 4) is 0 Å². The topological polar surface area (TPSA) is 26.0 Å². The van der Waals surface area contributed by atoms with Gasteiger partial charge in [-0.1, -0.05) is 42.0 Å². The Kier molecular flexibility index (Phi) is 4.06. The van der Waals surface area contributed by atoms with Gasteiger partial charge in [0.1, 0.15) is 0 Å². The van der Waals surface area contributed by atoms with Crippen molar-refractivity contribution in [3.63, 3.8) is 0 Å². The summed E-state index contributed by atoms with van der Waals surface area (Å²) in [5.74, 6) is 0. The molecule has 2 aromatic rings. The average Bonchev–Trinajstić information content (AvgIpc) is 2.37. The Morgan fingerprint density at radius 1 is 0.842 bits per heavy atom. The maximum absolute atomic E-state index is 6.36. The van der Waals surface area contributed by atoms with Crippen LogP contribution in [-0.4, -0.2) is 0 Å². The fourth-order valence-corrected chi connectivity index (χ4v) is 2.37. The van der Waals surface area contributed by atoms with E-state index in [2.05, 4.69) is 64.1 Å². The van der Waals surface area contributed by atoms with Crippen LogP contribution in [0.1, 0.15) is 39.4 Å². The third kappa shape index (κ3) is 3.24. The molecule has 0 fully saturated rings. The predicted octanol–water partition coefficient (Wildman–Crippen LogP) is 4.16. The molecule has 0 aliphatic carbocycles. The minimum absolute atomic E-state index is 0.0693. The number of hydrogen-bond acceptors (Lipinski definition) is 1. The van der Waals surface area contributed by atoms with Gasteiger partial charge in [0.15, 0.2) is 0 Å². The molecule has 100 valence electrons. The van der Waals surface area contributed by atoms with Gasteiger partial charge in [0.25, 0.3) is 0 Å². The van der Waals surface area contributed by atoms with Crippen LogP contribution in [0.25, 0.3) is 0 Å². The van der Waals surface area contributed by atoms with Gasteiger partial charge in [0.2, 0.25) is 0 Å². The van der Waals surface area contributed by atoms with Crippen LogP contribution in [0.15, 0.2) is 36.4 Å². The number of aryl methyl sites for hydroxylation is 4. The zero-order chi connectivity index (χ0) is 14.0. The van der Waals surface area contributed by atoms with E-state index in [1.54, 1.807) is 0 Å². The van der Waals surface area contributed by atoms with Crippen LogP contribution in [-0.2, 0) is 6.42 Å². The Labute approximate surface area is 116 Å². The lowest BCUT2D eigenvalue weighted by Crippen LogP contribution is -2.14. The summed E-state index contributed by atoms with van der Waals surface area (Å²) in [6.45, 7) is 8.56. The zero-order valence-electron chi connectivity index (χ0n) is 12.3. The first-order valence-electron chi connectivity index (χ1n) is 6.86. The SMILES string of the molecule is Cc1ccc(C)c(CC(N)c2ccc(C)c(C)c2)c1. The Morgan fingerprint density at radius 2 is 1.53 bits per heavy atom. The quantitative estimate of drug-likeness (QED) is 0.873. The number of nitrogens with two attached hydrogens (primary N) is 1. The van der Waals surface area contributed by atoms with Gasteiger partial charge in [0, 0.05) is 6.04 Å². The van der Waals surface area contributed by atoms with Crippen molar-refractivity contribution in [2.24, 2.45) is 5.73 Å². The van der Waals surface area contributed by atoms with Crippen molar-refractivity contribution in [2.75, 3.05) is 0 Å². The first-order valence-corrected chi connectivity index (χ1v) is 6.86. The molecule has 0 saturated carbocycles. The first-order chi connectivity index (χ1) is 8.97. The lowest BCUT2D eigenvalue weighted by atomic mass is 9.94. The molecule has 0 amide bonds. The number of rotatable bonds is 3. The van der Waals surface area contributed by atoms with E-state index in [-0.39, 0.29) is 6.04 Å². The predicted molar refractivity (Wildman–Crippen MR) is 82.5 cm³/mol. The summed E-state index contributed by atoms with van der Waals surface area (Å²) < 4.78 is 0. The van der Waals surface area contributed by atoms with Crippen molar-refractivity contribution in [1.82, 2.24) is 0 Å². The van der Waals surface area contributed by atoms with E-state index in [0.29, 0.717) is 0 Å². The van der Waals surface area contributed by atoms with E-state index in [1.807, 2.05) is 0 Å². The van der Waals surface area contributed by atoms with Crippen LogP contribution in [0.5, 0.6) is 0 Å². The summed E-state index contributed by atoms with van der Waals surface area (Å²) in [6, 6.07) is 13.2. The van der Waals surface area contributed by atoms with E-state index < -0.39 is 0 Å². The van der Waals surface area contributed by atoms with E-state index in [0.717, 1.165) is 6.42 Å². The minimum atomic E-state index is 0.0693. The standard InChI is InChI=1S/C18H23N/c1-12-5-6-14(3)17(9-12)11-18(19)16-8-7-13(2)15(4)10-16/h5-10,18H,11,19H2,1-4H3. The molecule has 0 bridgehead atoms. The van der Waals surface area contributed by atoms with Crippen LogP contribution in [0.4, 0.5) is 0 Å². The molecule has 1 unspecified atom stereocenters. The van der Waals surface area contributed by atoms with Gasteiger partial charge in [-0.25, -0.2) is 0 Å². The van der Waals surface area contributed by atoms with Gasteiger partial charge in [0.05, 0.1) is 0 Å². The van der Waals surface area contributed by atoms with Gasteiger partial charge in [-0.15, -0.1) is 0 Å². The van der Waals surface area contributed by atoms with Gasteiger partial charge in [-0.05, 0) is 61.9 Å². The van der Waals surface area contributed by atoms with Gasteiger partial charge >= 0.3 is 0 Å². The van der Waals surface area contributed by atoms with Crippen LogP contribution >= 0.6 is 0 Å². The summed E-state index contributed by atoms with van der Waals surface area (Å²) >= 11 is 0. The summed E-state index contributed by atoms with van der Waals surface area (Å²) in [4.78, 5) is 0. The van der Waals surface area contributed by atoms with Crippen molar-refractivity contribution < 1.29 is 0 Å². The highest BCUT2D eigenvalue weighted by molar-refractivity contribution is 5.35. The normalized spacial score (nSPS) is 12.5. The summed E-state index contributed by atoms with van der Waals surface area (Å²) in [6.07, 6.45) is 0.899. The Hall–Kier alpha value is -1.60. The largest absolute Gasteiger partial charge is 0.324 e. The third-order valence-electron chi connectivity index (χ3n) is 3.90. The van der Waals surface area contributed by atoms with Crippen molar-refractivity contribution in [3.05, 3.63) is 69.8 Å². The second-order valence-corrected chi connectivity index (χ2v) is 5.58. The van der Waals surface area contributed by atoms with Crippen LogP contribution in [0, 0.1) is 27.7 Å². The first kappa shape index (κ1) is 13.8. The molecule has 0 aliphatic rings. The van der Waals surface area contributed by atoms with Crippen molar-refractivity contribution >= 4 is 0 Å². The van der Waals surface area contributed by atoms with Crippen LogP contribution in [0.3, 0.4) is 0 Å². The zero-order valence-corrected chi connectivity index (χ0v) is 12.3. The molecule has 0 aromatic heterocycles. The fraction of sp³-hybridized carbons (Fsp3) is 0.333. The van der Waals surface area contributed by atoms with Gasteiger partial charge in [-0.2, -0.15) is 0 Å². The average molecular weight is 253 g/mol. The Balaban J connectivity index is 2.22. The highest BCUT2D eigenvalue weighted by Gasteiger charge is 2.10. The van der Waals surface area contributed by atoms with E-state index in [1.165, 1.54) is 33.4 Å². The molecular formula is C18H23N. The molecular weight excluding hydrogens is 230 g/mol. The smallest absolute Gasteiger partial charge is 0.0335 e. The van der Waals surface area contributed by atoms with Crippen LogP contribution < -0.4 is 5.73 Å². The van der Waals surface area contributed by atoms with E-state index >= 15 is 0 Å². The molecule has 0 heterocycles. The molecule has 0 saturated heterocycles. The molecule has 2 rings (SSSR count). The highest BCUT2D eigenvalue weighted by Crippen LogP contribution is 2.21. The molecule has 0 radical (unpaired) electrons. The maximum atomic E-state index is 6.36. The van der Waals surface area contributed by atoms with Crippen molar-refractivity contribution in [1.29, 1.82) is 0 Å². The number of benzene rings is 2. The molecule has 0 aliphatic heterocycles. The minimum Gasteiger partial charge on any atom is -0.324 e. The monoisotopic (exact) mass is 253 g/mol. The maximum Gasteiger partial charge on any atom is 0.0335 e. The van der Waals surface area contributed by atoms with Gasteiger partial charge < -0.3 is 5.73 Å². The number of hydrogen-bond donors (Lipinski definition) is 1. The third-order valence-corrected chi connectivity index (χ3v) is 3.90. The second-order valence-electron chi connectivity index (χ2n) is 5.58. The molecule has 2 aromatic carbocycles. The Morgan fingerprint density at radius 3 is 2.21 bits per heavy atom. The summed E-state index contributed by atoms with van der Waals surface area (Å²) in [7, 11) is 0. The molecule has 1 heteroatoms.